The summed E-state index contributed by atoms with van der Waals surface area (Å²) < 4.78 is 10.0. The zero-order valence-corrected chi connectivity index (χ0v) is 19.2. The topological polar surface area (TPSA) is 114 Å². The molecule has 0 radical (unpaired) electrons. The van der Waals surface area contributed by atoms with E-state index in [1.807, 2.05) is 55.5 Å². The van der Waals surface area contributed by atoms with E-state index in [0.29, 0.717) is 6.42 Å². The van der Waals surface area contributed by atoms with Gasteiger partial charge in [0.25, 0.3) is 0 Å². The van der Waals surface area contributed by atoms with E-state index in [1.54, 1.807) is 19.1 Å². The van der Waals surface area contributed by atoms with E-state index in [4.69, 9.17) is 9.47 Å². The molecule has 8 nitrogen and oxygen atoms in total. The molecule has 2 aromatic rings. The minimum absolute atomic E-state index is 0.00739. The molecule has 178 valence electrons. The fraction of sp³-hybridized carbons (Fsp3) is 0.400. The molecular weight excluding hydrogens is 424 g/mol. The summed E-state index contributed by atoms with van der Waals surface area (Å²) in [7, 11) is 1.24. The van der Waals surface area contributed by atoms with Gasteiger partial charge < -0.3 is 25.2 Å². The van der Waals surface area contributed by atoms with Crippen molar-refractivity contribution in [3.05, 3.63) is 71.8 Å². The quantitative estimate of drug-likeness (QED) is 0.448. The number of carbonyl (C=O) groups excluding carboxylic acids is 3. The number of hydrogen-bond acceptors (Lipinski definition) is 6. The molecular formula is C25H32N2O6. The molecule has 0 aromatic heterocycles. The summed E-state index contributed by atoms with van der Waals surface area (Å²) in [5, 5.41) is 15.9. The SMILES string of the molecule is CCC(C)[C@H](NC(=O)[C@H](NC(=O)OCc1ccccc1)[C@@H](O)Cc1ccccc1)C(=O)OC. The number of ether oxygens (including phenoxy) is 2. The number of carbonyl (C=O) groups is 3. The number of benzene rings is 2. The molecule has 0 saturated heterocycles. The Bertz CT molecular complexity index is 890. The number of nitrogens with one attached hydrogen (secondary N) is 2. The van der Waals surface area contributed by atoms with Crippen LogP contribution in [0.15, 0.2) is 60.7 Å². The molecule has 0 aliphatic carbocycles. The van der Waals surface area contributed by atoms with Gasteiger partial charge in [-0.3, -0.25) is 4.79 Å². The van der Waals surface area contributed by atoms with Crippen molar-refractivity contribution in [2.24, 2.45) is 5.92 Å². The van der Waals surface area contributed by atoms with E-state index in [2.05, 4.69) is 10.6 Å². The first-order valence-corrected chi connectivity index (χ1v) is 10.9. The summed E-state index contributed by atoms with van der Waals surface area (Å²) in [4.78, 5) is 37.7. The van der Waals surface area contributed by atoms with Gasteiger partial charge in [0.05, 0.1) is 13.2 Å². The van der Waals surface area contributed by atoms with Gasteiger partial charge in [-0.25, -0.2) is 9.59 Å². The minimum atomic E-state index is -1.34. The molecule has 2 amide bonds. The second-order valence-corrected chi connectivity index (χ2v) is 7.84. The zero-order valence-electron chi connectivity index (χ0n) is 19.2. The van der Waals surface area contributed by atoms with Gasteiger partial charge in [-0.2, -0.15) is 0 Å². The highest BCUT2D eigenvalue weighted by molar-refractivity contribution is 5.90. The molecule has 0 saturated carbocycles. The predicted molar refractivity (Wildman–Crippen MR) is 123 cm³/mol. The second kappa shape index (κ2) is 13.2. The Hall–Kier alpha value is -3.39. The van der Waals surface area contributed by atoms with E-state index < -0.39 is 36.2 Å². The minimum Gasteiger partial charge on any atom is -0.467 e. The molecule has 8 heteroatoms. The van der Waals surface area contributed by atoms with Crippen molar-refractivity contribution in [2.75, 3.05) is 7.11 Å². The monoisotopic (exact) mass is 456 g/mol. The number of hydrogen-bond donors (Lipinski definition) is 3. The standard InChI is InChI=1S/C25H32N2O6/c1-4-17(2)21(24(30)32-3)26-23(29)22(20(28)15-18-11-7-5-8-12-18)27-25(31)33-16-19-13-9-6-10-14-19/h5-14,17,20-22,28H,4,15-16H2,1-3H3,(H,26,29)(H,27,31)/t17?,20-,21-,22+/m0/s1. The number of rotatable bonds is 11. The van der Waals surface area contributed by atoms with Crippen molar-refractivity contribution in [3.63, 3.8) is 0 Å². The first-order chi connectivity index (χ1) is 15.8. The molecule has 0 spiro atoms. The van der Waals surface area contributed by atoms with E-state index in [9.17, 15) is 19.5 Å². The normalized spacial score (nSPS) is 14.3. The van der Waals surface area contributed by atoms with Crippen LogP contribution in [0.4, 0.5) is 4.79 Å². The van der Waals surface area contributed by atoms with Crippen molar-refractivity contribution >= 4 is 18.0 Å². The molecule has 0 bridgehead atoms. The van der Waals surface area contributed by atoms with Gasteiger partial charge in [0, 0.05) is 6.42 Å². The summed E-state index contributed by atoms with van der Waals surface area (Å²) in [6, 6.07) is 15.9. The fourth-order valence-electron chi connectivity index (χ4n) is 3.24. The Morgan fingerprint density at radius 1 is 0.909 bits per heavy atom. The number of aliphatic hydroxyl groups excluding tert-OH is 1. The van der Waals surface area contributed by atoms with E-state index in [0.717, 1.165) is 11.1 Å². The van der Waals surface area contributed by atoms with Crippen molar-refractivity contribution < 1.29 is 29.0 Å². The zero-order chi connectivity index (χ0) is 24.2. The first kappa shape index (κ1) is 25.9. The molecule has 4 atom stereocenters. The molecule has 3 N–H and O–H groups in total. The largest absolute Gasteiger partial charge is 0.467 e. The molecule has 1 unspecified atom stereocenters. The van der Waals surface area contributed by atoms with Gasteiger partial charge in [-0.05, 0) is 17.0 Å². The highest BCUT2D eigenvalue weighted by Crippen LogP contribution is 2.12. The lowest BCUT2D eigenvalue weighted by atomic mass is 9.97. The Morgan fingerprint density at radius 2 is 1.48 bits per heavy atom. The number of alkyl carbamates (subject to hydrolysis) is 1. The second-order valence-electron chi connectivity index (χ2n) is 7.84. The smallest absolute Gasteiger partial charge is 0.408 e. The van der Waals surface area contributed by atoms with Gasteiger partial charge >= 0.3 is 12.1 Å². The van der Waals surface area contributed by atoms with Crippen LogP contribution in [-0.4, -0.2) is 48.4 Å². The van der Waals surface area contributed by atoms with Gasteiger partial charge in [-0.15, -0.1) is 0 Å². The summed E-state index contributed by atoms with van der Waals surface area (Å²) in [5.41, 5.74) is 1.56. The van der Waals surface area contributed by atoms with Gasteiger partial charge in [0.1, 0.15) is 18.7 Å². The third kappa shape index (κ3) is 8.23. The maximum Gasteiger partial charge on any atom is 0.408 e. The highest BCUT2D eigenvalue weighted by Gasteiger charge is 2.34. The molecule has 0 heterocycles. The number of amides is 2. The maximum atomic E-state index is 13.1. The Kier molecular flexibility index (Phi) is 10.4. The molecule has 2 aromatic carbocycles. The lowest BCUT2D eigenvalue weighted by Crippen LogP contribution is -2.58. The van der Waals surface area contributed by atoms with Gasteiger partial charge in [0.2, 0.25) is 5.91 Å². The van der Waals surface area contributed by atoms with Crippen molar-refractivity contribution in [3.8, 4) is 0 Å². The predicted octanol–water partition coefficient (Wildman–Crippen LogP) is 2.59. The van der Waals surface area contributed by atoms with Crippen molar-refractivity contribution in [1.82, 2.24) is 10.6 Å². The van der Waals surface area contributed by atoms with Crippen LogP contribution in [0, 0.1) is 5.92 Å². The first-order valence-electron chi connectivity index (χ1n) is 10.9. The van der Waals surface area contributed by atoms with Crippen LogP contribution in [0.3, 0.4) is 0 Å². The Balaban J connectivity index is 2.14. The van der Waals surface area contributed by atoms with Crippen LogP contribution in [-0.2, 0) is 32.1 Å². The Morgan fingerprint density at radius 3 is 2.03 bits per heavy atom. The summed E-state index contributed by atoms with van der Waals surface area (Å²) in [5.74, 6) is -1.51. The maximum absolute atomic E-state index is 13.1. The number of aliphatic hydroxyl groups is 1. The molecule has 2 rings (SSSR count). The van der Waals surface area contributed by atoms with Gasteiger partial charge in [0.15, 0.2) is 0 Å². The molecule has 0 fully saturated rings. The van der Waals surface area contributed by atoms with Crippen molar-refractivity contribution in [2.45, 2.75) is 51.5 Å². The van der Waals surface area contributed by atoms with Crippen LogP contribution in [0.25, 0.3) is 0 Å². The van der Waals surface area contributed by atoms with Crippen LogP contribution >= 0.6 is 0 Å². The summed E-state index contributed by atoms with van der Waals surface area (Å²) >= 11 is 0. The molecule has 33 heavy (non-hydrogen) atoms. The highest BCUT2D eigenvalue weighted by atomic mass is 16.5. The Labute approximate surface area is 194 Å². The molecule has 0 aliphatic heterocycles. The lowest BCUT2D eigenvalue weighted by Gasteiger charge is -2.27. The fourth-order valence-corrected chi connectivity index (χ4v) is 3.24. The van der Waals surface area contributed by atoms with Crippen LogP contribution in [0.1, 0.15) is 31.4 Å². The summed E-state index contributed by atoms with van der Waals surface area (Å²) in [6.07, 6.45) is -1.38. The van der Waals surface area contributed by atoms with E-state index >= 15 is 0 Å². The van der Waals surface area contributed by atoms with Crippen LogP contribution < -0.4 is 10.6 Å². The third-order valence-corrected chi connectivity index (χ3v) is 5.41. The van der Waals surface area contributed by atoms with E-state index in [-0.39, 0.29) is 18.9 Å². The van der Waals surface area contributed by atoms with Crippen LogP contribution in [0.5, 0.6) is 0 Å². The average Bonchev–Trinajstić information content (AvgIpc) is 2.84. The van der Waals surface area contributed by atoms with E-state index in [1.165, 1.54) is 7.11 Å². The lowest BCUT2D eigenvalue weighted by molar-refractivity contribution is -0.147. The summed E-state index contributed by atoms with van der Waals surface area (Å²) in [6.45, 7) is 3.69. The number of esters is 1. The van der Waals surface area contributed by atoms with Gasteiger partial charge in [-0.1, -0.05) is 80.9 Å². The third-order valence-electron chi connectivity index (χ3n) is 5.41. The number of methoxy groups -OCH3 is 1. The molecule has 0 aliphatic rings. The van der Waals surface area contributed by atoms with Crippen LogP contribution in [0.2, 0.25) is 0 Å². The average molecular weight is 457 g/mol. The van der Waals surface area contributed by atoms with Crippen molar-refractivity contribution in [1.29, 1.82) is 0 Å².